The van der Waals surface area contributed by atoms with E-state index >= 15 is 0 Å². The predicted molar refractivity (Wildman–Crippen MR) is 100 cm³/mol. The maximum atomic E-state index is 12.9. The fraction of sp³-hybridized carbons (Fsp3) is 0.474. The van der Waals surface area contributed by atoms with E-state index in [2.05, 4.69) is 17.0 Å². The SMILES string of the molecule is Cc1c(C(=O)N2CCN(CCCCC(=O)O)CC2)sc2ccccc12. The number of fused-ring (bicyclic) bond motifs is 1. The molecule has 1 saturated heterocycles. The zero-order valence-electron chi connectivity index (χ0n) is 14.5. The van der Waals surface area contributed by atoms with Crippen LogP contribution >= 0.6 is 11.3 Å². The molecule has 1 amide bonds. The van der Waals surface area contributed by atoms with E-state index in [1.807, 2.05) is 24.0 Å². The molecule has 2 aromatic rings. The molecule has 1 aromatic carbocycles. The Morgan fingerprint density at radius 3 is 2.52 bits per heavy atom. The zero-order valence-corrected chi connectivity index (χ0v) is 15.3. The molecule has 25 heavy (non-hydrogen) atoms. The van der Waals surface area contributed by atoms with Gasteiger partial charge in [-0.3, -0.25) is 14.5 Å². The van der Waals surface area contributed by atoms with Crippen LogP contribution in [0.25, 0.3) is 10.1 Å². The third kappa shape index (κ3) is 4.19. The lowest BCUT2D eigenvalue weighted by Crippen LogP contribution is -2.48. The third-order valence-electron chi connectivity index (χ3n) is 4.81. The van der Waals surface area contributed by atoms with E-state index in [1.165, 1.54) is 10.1 Å². The molecule has 0 saturated carbocycles. The second-order valence-electron chi connectivity index (χ2n) is 6.54. The highest BCUT2D eigenvalue weighted by Crippen LogP contribution is 2.31. The smallest absolute Gasteiger partial charge is 0.303 e. The number of carbonyl (C=O) groups is 2. The monoisotopic (exact) mass is 360 g/mol. The summed E-state index contributed by atoms with van der Waals surface area (Å²) in [5, 5.41) is 9.85. The second-order valence-corrected chi connectivity index (χ2v) is 7.59. The van der Waals surface area contributed by atoms with Gasteiger partial charge in [0.05, 0.1) is 4.88 Å². The van der Waals surface area contributed by atoms with E-state index in [1.54, 1.807) is 11.3 Å². The minimum Gasteiger partial charge on any atom is -0.481 e. The van der Waals surface area contributed by atoms with Gasteiger partial charge in [0.15, 0.2) is 0 Å². The number of hydrogen-bond acceptors (Lipinski definition) is 4. The standard InChI is InChI=1S/C19H24N2O3S/c1-14-15-6-2-3-7-16(15)25-18(14)19(24)21-12-10-20(11-13-21)9-5-4-8-17(22)23/h2-3,6-7H,4-5,8-13H2,1H3,(H,22,23). The molecule has 0 unspecified atom stereocenters. The number of carboxylic acids is 1. The van der Waals surface area contributed by atoms with Crippen molar-refractivity contribution in [3.63, 3.8) is 0 Å². The molecule has 6 heteroatoms. The molecule has 134 valence electrons. The van der Waals surface area contributed by atoms with Crippen molar-refractivity contribution in [1.82, 2.24) is 9.80 Å². The zero-order chi connectivity index (χ0) is 17.8. The van der Waals surface area contributed by atoms with Crippen LogP contribution < -0.4 is 0 Å². The Balaban J connectivity index is 1.54. The Hall–Kier alpha value is -1.92. The van der Waals surface area contributed by atoms with E-state index in [9.17, 15) is 9.59 Å². The van der Waals surface area contributed by atoms with E-state index in [4.69, 9.17) is 5.11 Å². The van der Waals surface area contributed by atoms with Crippen molar-refractivity contribution in [3.8, 4) is 0 Å². The Labute approximate surface area is 151 Å². The highest BCUT2D eigenvalue weighted by molar-refractivity contribution is 7.21. The van der Waals surface area contributed by atoms with Crippen molar-refractivity contribution in [1.29, 1.82) is 0 Å². The number of benzene rings is 1. The number of carbonyl (C=O) groups excluding carboxylic acids is 1. The topological polar surface area (TPSA) is 60.9 Å². The van der Waals surface area contributed by atoms with Gasteiger partial charge >= 0.3 is 5.97 Å². The van der Waals surface area contributed by atoms with Gasteiger partial charge in [0.1, 0.15) is 0 Å². The highest BCUT2D eigenvalue weighted by atomic mass is 32.1. The maximum Gasteiger partial charge on any atom is 0.303 e. The highest BCUT2D eigenvalue weighted by Gasteiger charge is 2.25. The molecule has 1 aromatic heterocycles. The summed E-state index contributed by atoms with van der Waals surface area (Å²) in [6.07, 6.45) is 1.86. The number of aryl methyl sites for hydroxylation is 1. The lowest BCUT2D eigenvalue weighted by Gasteiger charge is -2.34. The number of thiophene rings is 1. The van der Waals surface area contributed by atoms with Crippen LogP contribution in [0.15, 0.2) is 24.3 Å². The summed E-state index contributed by atoms with van der Waals surface area (Å²) in [7, 11) is 0. The molecule has 5 nitrogen and oxygen atoms in total. The fourth-order valence-corrected chi connectivity index (χ4v) is 4.49. The molecule has 1 aliphatic rings. The normalized spacial score (nSPS) is 15.6. The summed E-state index contributed by atoms with van der Waals surface area (Å²) in [6, 6.07) is 8.17. The van der Waals surface area contributed by atoms with Crippen LogP contribution in [-0.4, -0.2) is 59.5 Å². The Bertz CT molecular complexity index is 763. The van der Waals surface area contributed by atoms with Gasteiger partial charge in [0.25, 0.3) is 5.91 Å². The first-order chi connectivity index (χ1) is 12.1. The molecular weight excluding hydrogens is 336 g/mol. The Morgan fingerprint density at radius 2 is 1.84 bits per heavy atom. The lowest BCUT2D eigenvalue weighted by atomic mass is 10.1. The van der Waals surface area contributed by atoms with Crippen LogP contribution in [0.2, 0.25) is 0 Å². The summed E-state index contributed by atoms with van der Waals surface area (Å²) < 4.78 is 1.17. The fourth-order valence-electron chi connectivity index (χ4n) is 3.31. The van der Waals surface area contributed by atoms with Crippen molar-refractivity contribution in [3.05, 3.63) is 34.7 Å². The largest absolute Gasteiger partial charge is 0.481 e. The third-order valence-corrected chi connectivity index (χ3v) is 6.07. The Morgan fingerprint density at radius 1 is 1.12 bits per heavy atom. The van der Waals surface area contributed by atoms with Crippen molar-refractivity contribution >= 4 is 33.3 Å². The lowest BCUT2D eigenvalue weighted by molar-refractivity contribution is -0.137. The number of aliphatic carboxylic acids is 1. The summed E-state index contributed by atoms with van der Waals surface area (Å²) in [4.78, 5) is 28.6. The first-order valence-electron chi connectivity index (χ1n) is 8.78. The summed E-state index contributed by atoms with van der Waals surface area (Å²) in [5.41, 5.74) is 1.08. The quantitative estimate of drug-likeness (QED) is 0.804. The van der Waals surface area contributed by atoms with Gasteiger partial charge in [-0.2, -0.15) is 0 Å². The van der Waals surface area contributed by atoms with E-state index in [0.717, 1.165) is 56.0 Å². The molecule has 0 aliphatic carbocycles. The molecule has 0 atom stereocenters. The number of hydrogen-bond donors (Lipinski definition) is 1. The number of carboxylic acid groups (broad SMARTS) is 1. The molecule has 3 rings (SSSR count). The number of unbranched alkanes of at least 4 members (excludes halogenated alkanes) is 1. The minimum atomic E-state index is -0.728. The maximum absolute atomic E-state index is 12.9. The van der Waals surface area contributed by atoms with Gasteiger partial charge in [-0.1, -0.05) is 18.2 Å². The van der Waals surface area contributed by atoms with Gasteiger partial charge in [0, 0.05) is 37.3 Å². The molecule has 0 spiro atoms. The number of rotatable bonds is 6. The predicted octanol–water partition coefficient (Wildman–Crippen LogP) is 3.22. The average molecular weight is 360 g/mol. The first-order valence-corrected chi connectivity index (χ1v) is 9.59. The molecule has 0 bridgehead atoms. The van der Waals surface area contributed by atoms with Gasteiger partial charge in [-0.25, -0.2) is 0 Å². The van der Waals surface area contributed by atoms with Crippen molar-refractivity contribution in [2.45, 2.75) is 26.2 Å². The van der Waals surface area contributed by atoms with Crippen molar-refractivity contribution in [2.75, 3.05) is 32.7 Å². The van der Waals surface area contributed by atoms with E-state index in [0.29, 0.717) is 0 Å². The van der Waals surface area contributed by atoms with Crippen LogP contribution in [-0.2, 0) is 4.79 Å². The van der Waals surface area contributed by atoms with E-state index < -0.39 is 5.97 Å². The van der Waals surface area contributed by atoms with E-state index in [-0.39, 0.29) is 12.3 Å². The van der Waals surface area contributed by atoms with Crippen LogP contribution in [0.4, 0.5) is 0 Å². The van der Waals surface area contributed by atoms with Gasteiger partial charge in [-0.05, 0) is 43.3 Å². The van der Waals surface area contributed by atoms with Crippen molar-refractivity contribution in [2.24, 2.45) is 0 Å². The molecule has 1 aliphatic heterocycles. The van der Waals surface area contributed by atoms with Crippen molar-refractivity contribution < 1.29 is 14.7 Å². The molecule has 0 radical (unpaired) electrons. The Kier molecular flexibility index (Phi) is 5.71. The van der Waals surface area contributed by atoms with Crippen LogP contribution in [0.5, 0.6) is 0 Å². The van der Waals surface area contributed by atoms with Gasteiger partial charge < -0.3 is 10.0 Å². The van der Waals surface area contributed by atoms with Gasteiger partial charge in [-0.15, -0.1) is 11.3 Å². The van der Waals surface area contributed by atoms with Gasteiger partial charge in [0.2, 0.25) is 0 Å². The summed E-state index contributed by atoms with van der Waals surface area (Å²) in [6.45, 7) is 6.16. The summed E-state index contributed by atoms with van der Waals surface area (Å²) >= 11 is 1.59. The number of nitrogens with zero attached hydrogens (tertiary/aromatic N) is 2. The molecule has 1 fully saturated rings. The van der Waals surface area contributed by atoms with Crippen LogP contribution in [0.3, 0.4) is 0 Å². The minimum absolute atomic E-state index is 0.143. The summed E-state index contributed by atoms with van der Waals surface area (Å²) in [5.74, 6) is -0.585. The molecule has 1 N–H and O–H groups in total. The first kappa shape index (κ1) is 17.9. The van der Waals surface area contributed by atoms with Crippen LogP contribution in [0.1, 0.15) is 34.5 Å². The number of amides is 1. The second kappa shape index (κ2) is 7.97. The van der Waals surface area contributed by atoms with Crippen LogP contribution in [0, 0.1) is 6.92 Å². The molecular formula is C19H24N2O3S. The average Bonchev–Trinajstić information content (AvgIpc) is 2.96. The number of piperazine rings is 1. The molecule has 2 heterocycles.